The van der Waals surface area contributed by atoms with E-state index in [9.17, 15) is 13.2 Å². The molecule has 1 aromatic heterocycles. The van der Waals surface area contributed by atoms with Crippen LogP contribution in [0.5, 0.6) is 0 Å². The van der Waals surface area contributed by atoms with Gasteiger partial charge in [0.2, 0.25) is 5.91 Å². The molecule has 0 aliphatic heterocycles. The molecular formula is C15H17N3O3S. The average Bonchev–Trinajstić information content (AvgIpc) is 2.48. The minimum absolute atomic E-state index is 0.0845. The van der Waals surface area contributed by atoms with Crippen molar-refractivity contribution in [3.63, 3.8) is 0 Å². The largest absolute Gasteiger partial charge is 0.356 e. The first-order valence-corrected chi connectivity index (χ1v) is 8.23. The van der Waals surface area contributed by atoms with Crippen LogP contribution in [0.1, 0.15) is 12.5 Å². The van der Waals surface area contributed by atoms with E-state index in [0.29, 0.717) is 13.0 Å². The zero-order valence-corrected chi connectivity index (χ0v) is 12.9. The summed E-state index contributed by atoms with van der Waals surface area (Å²) < 4.78 is 26.8. The van der Waals surface area contributed by atoms with Gasteiger partial charge in [0.25, 0.3) is 10.0 Å². The summed E-state index contributed by atoms with van der Waals surface area (Å²) in [6.07, 6.45) is 2.16. The van der Waals surface area contributed by atoms with Crippen molar-refractivity contribution in [1.82, 2.24) is 10.3 Å². The van der Waals surface area contributed by atoms with Gasteiger partial charge >= 0.3 is 0 Å². The molecule has 6 nitrogen and oxygen atoms in total. The number of sulfonamides is 1. The lowest BCUT2D eigenvalue weighted by molar-refractivity contribution is -0.118. The lowest BCUT2D eigenvalue weighted by Gasteiger charge is -2.08. The minimum atomic E-state index is -3.65. The first kappa shape index (κ1) is 16.0. The molecule has 0 atom stereocenters. The summed E-state index contributed by atoms with van der Waals surface area (Å²) in [4.78, 5) is 14.9. The maximum Gasteiger partial charge on any atom is 0.263 e. The normalized spacial score (nSPS) is 11.0. The Kier molecular flexibility index (Phi) is 5.11. The molecule has 0 saturated carbocycles. The van der Waals surface area contributed by atoms with Gasteiger partial charge in [0.1, 0.15) is 5.82 Å². The van der Waals surface area contributed by atoms with Crippen LogP contribution in [0.4, 0.5) is 5.82 Å². The van der Waals surface area contributed by atoms with Crippen molar-refractivity contribution in [2.24, 2.45) is 0 Å². The van der Waals surface area contributed by atoms with Gasteiger partial charge in [-0.2, -0.15) is 0 Å². The number of rotatable bonds is 6. The first-order chi connectivity index (χ1) is 10.5. The molecule has 0 radical (unpaired) electrons. The van der Waals surface area contributed by atoms with Crippen LogP contribution in [0.3, 0.4) is 0 Å². The topological polar surface area (TPSA) is 88.2 Å². The highest BCUT2D eigenvalue weighted by atomic mass is 32.2. The van der Waals surface area contributed by atoms with Gasteiger partial charge in [-0.3, -0.25) is 9.52 Å². The number of amides is 1. The van der Waals surface area contributed by atoms with Crippen molar-refractivity contribution in [1.29, 1.82) is 0 Å². The summed E-state index contributed by atoms with van der Waals surface area (Å²) >= 11 is 0. The first-order valence-electron chi connectivity index (χ1n) is 6.74. The molecule has 1 aromatic carbocycles. The Morgan fingerprint density at radius 2 is 1.86 bits per heavy atom. The second kappa shape index (κ2) is 7.04. The number of carbonyl (C=O) groups excluding carboxylic acids is 1. The van der Waals surface area contributed by atoms with E-state index in [0.717, 1.165) is 5.56 Å². The number of nitrogens with one attached hydrogen (secondary N) is 2. The Balaban J connectivity index is 2.04. The second-order valence-electron chi connectivity index (χ2n) is 4.70. The van der Waals surface area contributed by atoms with Crippen LogP contribution in [0, 0.1) is 0 Å². The van der Waals surface area contributed by atoms with Crippen molar-refractivity contribution in [3.8, 4) is 0 Å². The maximum atomic E-state index is 12.2. The predicted molar refractivity (Wildman–Crippen MR) is 83.9 cm³/mol. The van der Waals surface area contributed by atoms with Gasteiger partial charge in [-0.15, -0.1) is 0 Å². The van der Waals surface area contributed by atoms with Crippen LogP contribution < -0.4 is 10.0 Å². The van der Waals surface area contributed by atoms with E-state index in [4.69, 9.17) is 0 Å². The molecule has 0 unspecified atom stereocenters. The average molecular weight is 319 g/mol. The molecule has 0 aliphatic carbocycles. The molecular weight excluding hydrogens is 302 g/mol. The van der Waals surface area contributed by atoms with Gasteiger partial charge < -0.3 is 5.32 Å². The fourth-order valence-corrected chi connectivity index (χ4v) is 2.85. The molecule has 2 N–H and O–H groups in total. The Morgan fingerprint density at radius 1 is 1.14 bits per heavy atom. The third-order valence-corrected chi connectivity index (χ3v) is 4.30. The summed E-state index contributed by atoms with van der Waals surface area (Å²) in [6, 6.07) is 11.5. The summed E-state index contributed by atoms with van der Waals surface area (Å²) in [6.45, 7) is 1.98. The van der Waals surface area contributed by atoms with E-state index >= 15 is 0 Å². The number of aromatic nitrogens is 1. The number of anilines is 1. The van der Waals surface area contributed by atoms with E-state index in [2.05, 4.69) is 15.0 Å². The maximum absolute atomic E-state index is 12.2. The molecule has 116 valence electrons. The van der Waals surface area contributed by atoms with E-state index in [1.54, 1.807) is 30.3 Å². The van der Waals surface area contributed by atoms with Crippen LogP contribution in [0.15, 0.2) is 53.6 Å². The fourth-order valence-electron chi connectivity index (χ4n) is 1.84. The molecule has 1 amide bonds. The summed E-state index contributed by atoms with van der Waals surface area (Å²) in [7, 11) is -3.65. The molecule has 2 rings (SSSR count). The number of hydrogen-bond acceptors (Lipinski definition) is 4. The van der Waals surface area contributed by atoms with Crippen molar-refractivity contribution >= 4 is 21.7 Å². The number of nitrogens with zero attached hydrogens (tertiary/aromatic N) is 1. The highest BCUT2D eigenvalue weighted by molar-refractivity contribution is 7.92. The van der Waals surface area contributed by atoms with Gasteiger partial charge in [-0.1, -0.05) is 18.2 Å². The van der Waals surface area contributed by atoms with Gasteiger partial charge in [0.05, 0.1) is 4.90 Å². The van der Waals surface area contributed by atoms with E-state index in [-0.39, 0.29) is 16.6 Å². The minimum Gasteiger partial charge on any atom is -0.356 e. The smallest absolute Gasteiger partial charge is 0.263 e. The van der Waals surface area contributed by atoms with Crippen LogP contribution >= 0.6 is 0 Å². The number of pyridine rings is 1. The molecule has 0 aliphatic rings. The summed E-state index contributed by atoms with van der Waals surface area (Å²) in [5.41, 5.74) is 0.950. The van der Waals surface area contributed by atoms with E-state index < -0.39 is 10.0 Å². The lowest BCUT2D eigenvalue weighted by Crippen LogP contribution is -2.22. The Morgan fingerprint density at radius 3 is 2.45 bits per heavy atom. The fraction of sp³-hybridized carbons (Fsp3) is 0.200. The zero-order chi connectivity index (χ0) is 16.0. The van der Waals surface area contributed by atoms with E-state index in [1.165, 1.54) is 25.3 Å². The third-order valence-electron chi connectivity index (χ3n) is 2.93. The quantitative estimate of drug-likeness (QED) is 0.846. The number of carbonyl (C=O) groups is 1. The van der Waals surface area contributed by atoms with Gasteiger partial charge in [0, 0.05) is 19.7 Å². The lowest BCUT2D eigenvalue weighted by atomic mass is 10.1. The van der Waals surface area contributed by atoms with Crippen molar-refractivity contribution < 1.29 is 13.2 Å². The standard InChI is InChI=1S/C15H17N3O3S/c1-12(19)16-11-9-13-5-7-14(8-6-13)22(20,21)18-15-4-2-3-10-17-15/h2-8,10H,9,11H2,1H3,(H,16,19)(H,17,18). The van der Waals surface area contributed by atoms with Gasteiger partial charge in [-0.25, -0.2) is 13.4 Å². The molecule has 0 bridgehead atoms. The Labute approximate surface area is 129 Å². The molecule has 2 aromatic rings. The summed E-state index contributed by atoms with van der Waals surface area (Å²) in [5, 5.41) is 2.69. The van der Waals surface area contributed by atoms with Crippen molar-refractivity contribution in [3.05, 3.63) is 54.2 Å². The van der Waals surface area contributed by atoms with E-state index in [1.807, 2.05) is 0 Å². The van der Waals surface area contributed by atoms with Gasteiger partial charge in [-0.05, 0) is 36.2 Å². The molecule has 22 heavy (non-hydrogen) atoms. The van der Waals surface area contributed by atoms with Crippen LogP contribution in [0.2, 0.25) is 0 Å². The van der Waals surface area contributed by atoms with Crippen molar-refractivity contribution in [2.45, 2.75) is 18.2 Å². The Hall–Kier alpha value is -2.41. The highest BCUT2D eigenvalue weighted by Crippen LogP contribution is 2.15. The Bertz CT molecular complexity index is 728. The molecule has 0 spiro atoms. The third kappa shape index (κ3) is 4.56. The zero-order valence-electron chi connectivity index (χ0n) is 12.1. The predicted octanol–water partition coefficient (Wildman–Crippen LogP) is 1.56. The van der Waals surface area contributed by atoms with Gasteiger partial charge in [0.15, 0.2) is 0 Å². The number of hydrogen-bond donors (Lipinski definition) is 2. The monoisotopic (exact) mass is 319 g/mol. The second-order valence-corrected chi connectivity index (χ2v) is 6.38. The molecule has 0 saturated heterocycles. The SMILES string of the molecule is CC(=O)NCCc1ccc(S(=O)(=O)Nc2ccccn2)cc1. The molecule has 0 fully saturated rings. The van der Waals surface area contributed by atoms with Crippen LogP contribution in [-0.2, 0) is 21.2 Å². The highest BCUT2D eigenvalue weighted by Gasteiger charge is 2.14. The van der Waals surface area contributed by atoms with Crippen LogP contribution in [0.25, 0.3) is 0 Å². The summed E-state index contributed by atoms with van der Waals surface area (Å²) in [5.74, 6) is 0.191. The molecule has 7 heteroatoms. The molecule has 1 heterocycles. The number of benzene rings is 1. The van der Waals surface area contributed by atoms with Crippen molar-refractivity contribution in [2.75, 3.05) is 11.3 Å². The van der Waals surface area contributed by atoms with Crippen LogP contribution in [-0.4, -0.2) is 25.9 Å².